The van der Waals surface area contributed by atoms with Gasteiger partial charge < -0.3 is 4.74 Å². The van der Waals surface area contributed by atoms with Crippen LogP contribution in [0.2, 0.25) is 0 Å². The quantitative estimate of drug-likeness (QED) is 0.312. The molecule has 21 heavy (non-hydrogen) atoms. The molecular weight excluding hydrogens is 299 g/mol. The van der Waals surface area contributed by atoms with Gasteiger partial charge in [0.1, 0.15) is 18.9 Å². The van der Waals surface area contributed by atoms with Crippen LogP contribution in [0.15, 0.2) is 41.0 Å². The first kappa shape index (κ1) is 17.8. The summed E-state index contributed by atoms with van der Waals surface area (Å²) in [6, 6.07) is 7.93. The highest BCUT2D eigenvalue weighted by Crippen LogP contribution is 2.24. The molecule has 0 saturated heterocycles. The minimum absolute atomic E-state index is 0.215. The van der Waals surface area contributed by atoms with Crippen LogP contribution in [0.25, 0.3) is 0 Å². The standard InChI is InChI=1S/C16H23N2OPS/c1-6-13(2)11-16(3,4)19-15-9-7-14(8-10-15)12-17-18(5)20-21/h6-10,12H,11H2,1-5H3. The molecule has 0 spiro atoms. The van der Waals surface area contributed by atoms with E-state index in [9.17, 15) is 0 Å². The Balaban J connectivity index is 2.70. The molecule has 0 aromatic heterocycles. The molecule has 0 fully saturated rings. The topological polar surface area (TPSA) is 24.8 Å². The zero-order valence-corrected chi connectivity index (χ0v) is 15.0. The van der Waals surface area contributed by atoms with E-state index in [1.807, 2.05) is 31.3 Å². The molecule has 0 radical (unpaired) electrons. The molecule has 1 rings (SSSR count). The summed E-state index contributed by atoms with van der Waals surface area (Å²) in [5.41, 5.74) is 2.14. The Morgan fingerprint density at radius 3 is 2.52 bits per heavy atom. The molecule has 0 atom stereocenters. The highest BCUT2D eigenvalue weighted by Gasteiger charge is 2.20. The van der Waals surface area contributed by atoms with E-state index in [0.717, 1.165) is 17.7 Å². The molecule has 0 amide bonds. The lowest BCUT2D eigenvalue weighted by atomic mass is 9.99. The summed E-state index contributed by atoms with van der Waals surface area (Å²) in [6.07, 6.45) is 4.83. The van der Waals surface area contributed by atoms with Gasteiger partial charge in [-0.25, -0.2) is 4.78 Å². The zero-order valence-electron chi connectivity index (χ0n) is 13.3. The molecule has 0 heterocycles. The van der Waals surface area contributed by atoms with Crippen molar-refractivity contribution >= 4 is 25.5 Å². The van der Waals surface area contributed by atoms with Gasteiger partial charge in [-0.3, -0.25) is 0 Å². The van der Waals surface area contributed by atoms with E-state index in [0.29, 0.717) is 7.51 Å². The van der Waals surface area contributed by atoms with Crippen LogP contribution >= 0.6 is 7.51 Å². The second kappa shape index (κ2) is 8.26. The number of hydrogen-bond donors (Lipinski definition) is 0. The highest BCUT2D eigenvalue weighted by atomic mass is 32.4. The molecule has 0 aliphatic carbocycles. The van der Waals surface area contributed by atoms with Crippen molar-refractivity contribution in [1.29, 1.82) is 0 Å². The summed E-state index contributed by atoms with van der Waals surface area (Å²) in [6.45, 7) is 8.39. The summed E-state index contributed by atoms with van der Waals surface area (Å²) < 4.78 is 7.75. The fourth-order valence-corrected chi connectivity index (χ4v) is 2.14. The van der Waals surface area contributed by atoms with E-state index in [1.165, 1.54) is 5.57 Å². The maximum absolute atomic E-state index is 6.06. The van der Waals surface area contributed by atoms with Crippen LogP contribution in [-0.4, -0.2) is 23.6 Å². The first-order valence-corrected chi connectivity index (χ1v) is 8.74. The maximum atomic E-state index is 6.06. The number of benzene rings is 1. The van der Waals surface area contributed by atoms with Crippen LogP contribution in [0.4, 0.5) is 0 Å². The highest BCUT2D eigenvalue weighted by molar-refractivity contribution is 7.95. The average Bonchev–Trinajstić information content (AvgIpc) is 2.45. The van der Waals surface area contributed by atoms with E-state index in [1.54, 1.807) is 11.0 Å². The minimum Gasteiger partial charge on any atom is -0.488 e. The second-order valence-corrected chi connectivity index (χ2v) is 6.79. The fraction of sp³-hybridized carbons (Fsp3) is 0.438. The van der Waals surface area contributed by atoms with Crippen molar-refractivity contribution in [2.24, 2.45) is 5.10 Å². The number of hydrazone groups is 1. The molecule has 0 aliphatic rings. The van der Waals surface area contributed by atoms with Crippen molar-refractivity contribution in [3.05, 3.63) is 41.5 Å². The van der Waals surface area contributed by atoms with Gasteiger partial charge in [0.15, 0.2) is 0 Å². The van der Waals surface area contributed by atoms with Gasteiger partial charge in [0, 0.05) is 13.5 Å². The molecule has 0 N–H and O–H groups in total. The molecule has 0 unspecified atom stereocenters. The normalized spacial score (nSPS) is 12.9. The molecule has 3 nitrogen and oxygen atoms in total. The Kier molecular flexibility index (Phi) is 7.00. The van der Waals surface area contributed by atoms with Crippen molar-refractivity contribution < 1.29 is 4.74 Å². The third-order valence-corrected chi connectivity index (χ3v) is 4.01. The SMILES string of the molecule is CC=C(C)CC(C)(C)Oc1ccc(C=NN(C)P=S)cc1. The summed E-state index contributed by atoms with van der Waals surface area (Å²) in [4.78, 5) is 0. The molecule has 5 heteroatoms. The molecule has 0 aliphatic heterocycles. The third-order valence-electron chi connectivity index (χ3n) is 2.96. The van der Waals surface area contributed by atoms with Gasteiger partial charge in [-0.2, -0.15) is 5.10 Å². The third kappa shape index (κ3) is 6.83. The van der Waals surface area contributed by atoms with E-state index < -0.39 is 0 Å². The van der Waals surface area contributed by atoms with Gasteiger partial charge in [0.25, 0.3) is 0 Å². The summed E-state index contributed by atoms with van der Waals surface area (Å²) >= 11 is 4.87. The number of nitrogens with zero attached hydrogens (tertiary/aromatic N) is 2. The van der Waals surface area contributed by atoms with E-state index in [-0.39, 0.29) is 5.60 Å². The van der Waals surface area contributed by atoms with Crippen LogP contribution in [0, 0.1) is 0 Å². The van der Waals surface area contributed by atoms with E-state index in [2.05, 4.69) is 38.9 Å². The van der Waals surface area contributed by atoms with Crippen LogP contribution in [0.3, 0.4) is 0 Å². The van der Waals surface area contributed by atoms with Crippen molar-refractivity contribution in [3.8, 4) is 5.75 Å². The number of hydrogen-bond acceptors (Lipinski definition) is 3. The van der Waals surface area contributed by atoms with Gasteiger partial charge in [-0.05, 0) is 69.3 Å². The molecule has 1 aromatic carbocycles. The number of ether oxygens (including phenoxy) is 1. The Morgan fingerprint density at radius 1 is 1.38 bits per heavy atom. The Bertz CT molecular complexity index is 524. The largest absolute Gasteiger partial charge is 0.488 e. The fourth-order valence-electron chi connectivity index (χ4n) is 1.92. The smallest absolute Gasteiger partial charge is 0.120 e. The second-order valence-electron chi connectivity index (χ2n) is 5.56. The monoisotopic (exact) mass is 322 g/mol. The van der Waals surface area contributed by atoms with E-state index >= 15 is 0 Å². The maximum Gasteiger partial charge on any atom is 0.120 e. The molecule has 0 saturated carbocycles. The number of rotatable bonds is 7. The van der Waals surface area contributed by atoms with Crippen LogP contribution < -0.4 is 4.74 Å². The predicted molar refractivity (Wildman–Crippen MR) is 94.8 cm³/mol. The van der Waals surface area contributed by atoms with Crippen molar-refractivity contribution in [1.82, 2.24) is 4.78 Å². The number of allylic oxidation sites excluding steroid dienone is 1. The lowest BCUT2D eigenvalue weighted by Gasteiger charge is -2.27. The average molecular weight is 322 g/mol. The van der Waals surface area contributed by atoms with Crippen LogP contribution in [0.5, 0.6) is 5.75 Å². The van der Waals surface area contributed by atoms with Crippen LogP contribution in [0.1, 0.15) is 39.7 Å². The van der Waals surface area contributed by atoms with Gasteiger partial charge in [-0.15, -0.1) is 0 Å². The van der Waals surface area contributed by atoms with Crippen molar-refractivity contribution in [3.63, 3.8) is 0 Å². The van der Waals surface area contributed by atoms with Gasteiger partial charge in [0.2, 0.25) is 0 Å². The van der Waals surface area contributed by atoms with Crippen LogP contribution in [-0.2, 0) is 11.8 Å². The molecule has 0 bridgehead atoms. The Labute approximate surface area is 134 Å². The molecule has 114 valence electrons. The first-order valence-electron chi connectivity index (χ1n) is 6.88. The van der Waals surface area contributed by atoms with Gasteiger partial charge >= 0.3 is 0 Å². The Hall–Kier alpha value is -1.25. The lowest BCUT2D eigenvalue weighted by molar-refractivity contribution is 0.110. The lowest BCUT2D eigenvalue weighted by Crippen LogP contribution is -2.28. The zero-order chi connectivity index (χ0) is 15.9. The first-order chi connectivity index (χ1) is 9.86. The van der Waals surface area contributed by atoms with Crippen molar-refractivity contribution in [2.45, 2.75) is 39.7 Å². The summed E-state index contributed by atoms with van der Waals surface area (Å²) in [5, 5.41) is 4.21. The van der Waals surface area contributed by atoms with E-state index in [4.69, 9.17) is 16.5 Å². The Morgan fingerprint density at radius 2 is 2.00 bits per heavy atom. The van der Waals surface area contributed by atoms with Gasteiger partial charge in [0.05, 0.1) is 6.21 Å². The molecular formula is C16H23N2OPS. The molecule has 1 aromatic rings. The summed E-state index contributed by atoms with van der Waals surface area (Å²) in [5.74, 6) is 0.871. The minimum atomic E-state index is -0.215. The summed E-state index contributed by atoms with van der Waals surface area (Å²) in [7, 11) is 2.55. The van der Waals surface area contributed by atoms with Crippen molar-refractivity contribution in [2.75, 3.05) is 7.05 Å². The van der Waals surface area contributed by atoms with Gasteiger partial charge in [-0.1, -0.05) is 11.6 Å². The predicted octanol–water partition coefficient (Wildman–Crippen LogP) is 4.79.